The van der Waals surface area contributed by atoms with Gasteiger partial charge >= 0.3 is 0 Å². The lowest BCUT2D eigenvalue weighted by atomic mass is 10.1. The van der Waals surface area contributed by atoms with Gasteiger partial charge in [0.15, 0.2) is 0 Å². The molecule has 20 heavy (non-hydrogen) atoms. The number of allylic oxidation sites excluding steroid dienone is 1. The first-order valence-electron chi connectivity index (χ1n) is 6.83. The summed E-state index contributed by atoms with van der Waals surface area (Å²) in [5.41, 5.74) is 0.989. The summed E-state index contributed by atoms with van der Waals surface area (Å²) in [7, 11) is 0. The molecule has 1 aliphatic rings. The van der Waals surface area contributed by atoms with Gasteiger partial charge in [-0.2, -0.15) is 0 Å². The molecule has 0 unspecified atom stereocenters. The molecule has 0 radical (unpaired) electrons. The van der Waals surface area contributed by atoms with Crippen molar-refractivity contribution in [2.75, 3.05) is 11.4 Å². The summed E-state index contributed by atoms with van der Waals surface area (Å²) < 4.78 is 14.0. The Kier molecular flexibility index (Phi) is 4.32. The van der Waals surface area contributed by atoms with E-state index in [9.17, 15) is 14.0 Å². The Morgan fingerprint density at radius 2 is 2.00 bits per heavy atom. The second-order valence-electron chi connectivity index (χ2n) is 5.07. The van der Waals surface area contributed by atoms with Crippen molar-refractivity contribution in [3.63, 3.8) is 0 Å². The molecule has 0 N–H and O–H groups in total. The SMILES string of the molecule is C=CCCCCCN1C(=O)C(=O)c2cc(C)cc(F)c21. The van der Waals surface area contributed by atoms with Gasteiger partial charge in [-0.05, 0) is 43.9 Å². The number of ketones is 1. The molecule has 0 spiro atoms. The monoisotopic (exact) mass is 275 g/mol. The third-order valence-electron chi connectivity index (χ3n) is 3.45. The zero-order valence-electron chi connectivity index (χ0n) is 11.6. The number of carbonyl (C=O) groups is 2. The predicted octanol–water partition coefficient (Wildman–Crippen LogP) is 3.41. The quantitative estimate of drug-likeness (QED) is 0.453. The maximum Gasteiger partial charge on any atom is 0.299 e. The van der Waals surface area contributed by atoms with E-state index in [1.165, 1.54) is 11.0 Å². The van der Waals surface area contributed by atoms with E-state index in [0.29, 0.717) is 12.1 Å². The summed E-state index contributed by atoms with van der Waals surface area (Å²) in [6.45, 7) is 5.74. The number of hydrogen-bond acceptors (Lipinski definition) is 2. The molecule has 1 amide bonds. The maximum absolute atomic E-state index is 14.0. The van der Waals surface area contributed by atoms with E-state index in [1.807, 2.05) is 6.08 Å². The molecule has 106 valence electrons. The van der Waals surface area contributed by atoms with Gasteiger partial charge in [0.2, 0.25) is 0 Å². The van der Waals surface area contributed by atoms with Gasteiger partial charge in [0, 0.05) is 6.54 Å². The van der Waals surface area contributed by atoms with Crippen molar-refractivity contribution in [2.45, 2.75) is 32.6 Å². The number of fused-ring (bicyclic) bond motifs is 1. The predicted molar refractivity (Wildman–Crippen MR) is 76.5 cm³/mol. The van der Waals surface area contributed by atoms with Crippen molar-refractivity contribution >= 4 is 17.4 Å². The summed E-state index contributed by atoms with van der Waals surface area (Å²) in [6.07, 6.45) is 5.44. The van der Waals surface area contributed by atoms with Crippen LogP contribution in [-0.4, -0.2) is 18.2 Å². The summed E-state index contributed by atoms with van der Waals surface area (Å²) in [6, 6.07) is 2.94. The summed E-state index contributed by atoms with van der Waals surface area (Å²) >= 11 is 0. The minimum Gasteiger partial charge on any atom is -0.302 e. The van der Waals surface area contributed by atoms with E-state index >= 15 is 0 Å². The first-order chi connectivity index (χ1) is 9.56. The van der Waals surface area contributed by atoms with E-state index < -0.39 is 17.5 Å². The van der Waals surface area contributed by atoms with Gasteiger partial charge in [-0.15, -0.1) is 6.58 Å². The topological polar surface area (TPSA) is 37.4 Å². The van der Waals surface area contributed by atoms with E-state index in [4.69, 9.17) is 0 Å². The second-order valence-corrected chi connectivity index (χ2v) is 5.07. The fourth-order valence-corrected chi connectivity index (χ4v) is 2.47. The number of anilines is 1. The molecular formula is C16H18FNO2. The molecule has 4 heteroatoms. The standard InChI is InChI=1S/C16H18FNO2/c1-3-4-5-6-7-8-18-14-12(15(19)16(18)20)9-11(2)10-13(14)17/h3,9-10H,1,4-8H2,2H3. The molecule has 0 fully saturated rings. The van der Waals surface area contributed by atoms with Crippen LogP contribution < -0.4 is 4.90 Å². The van der Waals surface area contributed by atoms with Crippen molar-refractivity contribution in [1.82, 2.24) is 0 Å². The van der Waals surface area contributed by atoms with Crippen molar-refractivity contribution in [3.8, 4) is 0 Å². The zero-order valence-corrected chi connectivity index (χ0v) is 11.6. The lowest BCUT2D eigenvalue weighted by molar-refractivity contribution is -0.114. The minimum absolute atomic E-state index is 0.148. The van der Waals surface area contributed by atoms with Crippen LogP contribution in [0.1, 0.15) is 41.6 Å². The Balaban J connectivity index is 2.14. The third-order valence-corrected chi connectivity index (χ3v) is 3.45. The number of Topliss-reactive ketones (excluding diaryl/α,β-unsaturated/α-hetero) is 1. The average molecular weight is 275 g/mol. The Morgan fingerprint density at radius 1 is 1.25 bits per heavy atom. The van der Waals surface area contributed by atoms with E-state index in [-0.39, 0.29) is 11.3 Å². The highest BCUT2D eigenvalue weighted by Crippen LogP contribution is 2.33. The largest absolute Gasteiger partial charge is 0.302 e. The van der Waals surface area contributed by atoms with Crippen molar-refractivity contribution in [2.24, 2.45) is 0 Å². The molecular weight excluding hydrogens is 257 g/mol. The van der Waals surface area contributed by atoms with Gasteiger partial charge in [0.05, 0.1) is 11.3 Å². The molecule has 1 aromatic carbocycles. The van der Waals surface area contributed by atoms with Crippen LogP contribution >= 0.6 is 0 Å². The number of amides is 1. The van der Waals surface area contributed by atoms with Crippen LogP contribution in [0.25, 0.3) is 0 Å². The van der Waals surface area contributed by atoms with Gasteiger partial charge in [-0.25, -0.2) is 4.39 Å². The van der Waals surface area contributed by atoms with Crippen LogP contribution in [0.5, 0.6) is 0 Å². The zero-order chi connectivity index (χ0) is 14.7. The van der Waals surface area contributed by atoms with Crippen molar-refractivity contribution in [1.29, 1.82) is 0 Å². The Morgan fingerprint density at radius 3 is 2.70 bits per heavy atom. The molecule has 3 nitrogen and oxygen atoms in total. The van der Waals surface area contributed by atoms with Gasteiger partial charge in [-0.3, -0.25) is 9.59 Å². The Bertz CT molecular complexity index is 566. The summed E-state index contributed by atoms with van der Waals surface area (Å²) in [5, 5.41) is 0. The minimum atomic E-state index is -0.617. The first kappa shape index (κ1) is 14.4. The maximum atomic E-state index is 14.0. The van der Waals surface area contributed by atoms with E-state index in [1.54, 1.807) is 13.0 Å². The highest BCUT2D eigenvalue weighted by atomic mass is 19.1. The van der Waals surface area contributed by atoms with Gasteiger partial charge < -0.3 is 4.90 Å². The van der Waals surface area contributed by atoms with Crippen molar-refractivity contribution < 1.29 is 14.0 Å². The van der Waals surface area contributed by atoms with E-state index in [0.717, 1.165) is 25.7 Å². The van der Waals surface area contributed by atoms with Gasteiger partial charge in [-0.1, -0.05) is 12.5 Å². The summed E-state index contributed by atoms with van der Waals surface area (Å²) in [4.78, 5) is 25.1. The highest BCUT2D eigenvalue weighted by Gasteiger charge is 2.37. The van der Waals surface area contributed by atoms with Gasteiger partial charge in [0.25, 0.3) is 11.7 Å². The van der Waals surface area contributed by atoms with Crippen LogP contribution in [0.2, 0.25) is 0 Å². The van der Waals surface area contributed by atoms with Crippen LogP contribution in [0.15, 0.2) is 24.8 Å². The lowest BCUT2D eigenvalue weighted by Gasteiger charge is -2.17. The average Bonchev–Trinajstić information content (AvgIpc) is 2.64. The molecule has 1 aliphatic heterocycles. The molecule has 0 aliphatic carbocycles. The van der Waals surface area contributed by atoms with Crippen LogP contribution in [-0.2, 0) is 4.79 Å². The highest BCUT2D eigenvalue weighted by molar-refractivity contribution is 6.52. The molecule has 0 bridgehead atoms. The molecule has 0 saturated carbocycles. The first-order valence-corrected chi connectivity index (χ1v) is 6.83. The number of hydrogen-bond donors (Lipinski definition) is 0. The number of aryl methyl sites for hydroxylation is 1. The summed E-state index contributed by atoms with van der Waals surface area (Å²) in [5.74, 6) is -1.72. The number of unbranched alkanes of at least 4 members (excludes halogenated alkanes) is 3. The molecule has 0 saturated heterocycles. The normalized spacial score (nSPS) is 13.8. The molecule has 1 heterocycles. The smallest absolute Gasteiger partial charge is 0.299 e. The Hall–Kier alpha value is -1.97. The van der Waals surface area contributed by atoms with Crippen LogP contribution in [0.4, 0.5) is 10.1 Å². The second kappa shape index (κ2) is 5.99. The fraction of sp³-hybridized carbons (Fsp3) is 0.375. The molecule has 0 atom stereocenters. The van der Waals surface area contributed by atoms with Crippen LogP contribution in [0.3, 0.4) is 0 Å². The lowest BCUT2D eigenvalue weighted by Crippen LogP contribution is -2.31. The van der Waals surface area contributed by atoms with Crippen LogP contribution in [0, 0.1) is 12.7 Å². The fourth-order valence-electron chi connectivity index (χ4n) is 2.47. The van der Waals surface area contributed by atoms with Crippen molar-refractivity contribution in [3.05, 3.63) is 41.7 Å². The van der Waals surface area contributed by atoms with Gasteiger partial charge in [0.1, 0.15) is 5.82 Å². The van der Waals surface area contributed by atoms with E-state index in [2.05, 4.69) is 6.58 Å². The third kappa shape index (κ3) is 2.64. The Labute approximate surface area is 118 Å². The number of nitrogens with zero attached hydrogens (tertiary/aromatic N) is 1. The number of benzene rings is 1. The number of carbonyl (C=O) groups excluding carboxylic acids is 2. The number of halogens is 1. The molecule has 1 aromatic rings. The molecule has 0 aromatic heterocycles. The molecule has 2 rings (SSSR count). The number of rotatable bonds is 6.